The van der Waals surface area contributed by atoms with Gasteiger partial charge in [0.25, 0.3) is 0 Å². The number of hydrogen-bond donors (Lipinski definition) is 7. The second-order valence-electron chi connectivity index (χ2n) is 8.25. The lowest BCUT2D eigenvalue weighted by Crippen LogP contribution is -2.65. The summed E-state index contributed by atoms with van der Waals surface area (Å²) < 4.78 is 37.3. The molecule has 2 aliphatic rings. The summed E-state index contributed by atoms with van der Waals surface area (Å²) >= 11 is 1.20. The van der Waals surface area contributed by atoms with Gasteiger partial charge in [-0.2, -0.15) is 8.42 Å². The number of carbonyl (C=O) groups is 1. The van der Waals surface area contributed by atoms with E-state index in [0.29, 0.717) is 5.92 Å². The number of likely N-dealkylation sites (tertiary alicyclic amines) is 1. The summed E-state index contributed by atoms with van der Waals surface area (Å²) in [5.74, 6) is 0.245. The number of amides is 1. The molecule has 9 atom stereocenters. The van der Waals surface area contributed by atoms with E-state index in [-0.39, 0.29) is 11.9 Å². The number of hydrogen-bond acceptors (Lipinski definition) is 10. The minimum atomic E-state index is -4.67. The van der Waals surface area contributed by atoms with Gasteiger partial charge in [0, 0.05) is 6.54 Å². The molecule has 2 saturated heterocycles. The molecule has 0 aromatic heterocycles. The highest BCUT2D eigenvalue weighted by molar-refractivity contribution is 7.99. The van der Waals surface area contributed by atoms with Crippen molar-refractivity contribution in [1.82, 2.24) is 10.2 Å². The predicted octanol–water partition coefficient (Wildman–Crippen LogP) is -1.51. The van der Waals surface area contributed by atoms with Gasteiger partial charge >= 0.3 is 10.4 Å². The molecule has 0 radical (unpaired) electrons. The van der Waals surface area contributed by atoms with E-state index in [0.717, 1.165) is 25.8 Å². The highest BCUT2D eigenvalue weighted by Gasteiger charge is 2.48. The van der Waals surface area contributed by atoms with Crippen LogP contribution in [0.3, 0.4) is 0 Å². The SMILES string of the molecule is CCC[C@@H]1C[C@@H](C(=O)N[C@@H]([C@H]2O[C@H](SC)[C@H](O)[C@@H](O)[C@H]2O)[C@@H](C)O)N(C)C1.O=S(=O)(O)O. The third-order valence-electron chi connectivity index (χ3n) is 5.66. The second-order valence-corrected chi connectivity index (χ2v) is 10.1. The summed E-state index contributed by atoms with van der Waals surface area (Å²) in [5, 5.41) is 43.5. The number of aliphatic hydroxyl groups excluding tert-OH is 4. The fourth-order valence-electron chi connectivity index (χ4n) is 4.13. The number of nitrogens with zero attached hydrogens (tertiary/aromatic N) is 1. The molecule has 0 aromatic rings. The van der Waals surface area contributed by atoms with E-state index in [1.807, 2.05) is 11.9 Å². The molecule has 1 amide bonds. The number of thioether (sulfide) groups is 1. The van der Waals surface area contributed by atoms with Crippen LogP contribution in [0.25, 0.3) is 0 Å². The fourth-order valence-corrected chi connectivity index (χ4v) is 4.81. The van der Waals surface area contributed by atoms with E-state index in [4.69, 9.17) is 22.3 Å². The molecule has 190 valence electrons. The molecular weight excluding hydrogens is 468 g/mol. The Kier molecular flexibility index (Phi) is 11.8. The molecule has 14 heteroatoms. The average molecular weight is 505 g/mol. The van der Waals surface area contributed by atoms with Crippen molar-refractivity contribution in [2.45, 2.75) is 81.1 Å². The summed E-state index contributed by atoms with van der Waals surface area (Å²) in [6.45, 7) is 4.48. The monoisotopic (exact) mass is 504 g/mol. The van der Waals surface area contributed by atoms with Crippen LogP contribution in [0.5, 0.6) is 0 Å². The maximum absolute atomic E-state index is 12.8. The van der Waals surface area contributed by atoms with E-state index in [2.05, 4.69) is 12.2 Å². The smallest absolute Gasteiger partial charge is 0.391 e. The van der Waals surface area contributed by atoms with E-state index in [1.165, 1.54) is 18.7 Å². The van der Waals surface area contributed by atoms with Crippen LogP contribution in [-0.2, 0) is 19.9 Å². The molecule has 0 aliphatic carbocycles. The highest BCUT2D eigenvalue weighted by atomic mass is 32.3. The maximum atomic E-state index is 12.8. The molecule has 7 N–H and O–H groups in total. The average Bonchev–Trinajstić information content (AvgIpc) is 3.04. The van der Waals surface area contributed by atoms with Gasteiger partial charge < -0.3 is 30.5 Å². The number of aliphatic hydroxyl groups is 4. The fraction of sp³-hybridized carbons (Fsp3) is 0.944. The molecule has 32 heavy (non-hydrogen) atoms. The van der Waals surface area contributed by atoms with E-state index in [1.54, 1.807) is 6.26 Å². The largest absolute Gasteiger partial charge is 0.394 e. The zero-order chi connectivity index (χ0) is 24.8. The lowest BCUT2D eigenvalue weighted by molar-refractivity contribution is -0.211. The number of nitrogens with one attached hydrogen (secondary N) is 1. The van der Waals surface area contributed by atoms with Gasteiger partial charge in [0.15, 0.2) is 0 Å². The molecular formula is C18H36N2O10S2. The quantitative estimate of drug-likeness (QED) is 0.198. The van der Waals surface area contributed by atoms with Gasteiger partial charge in [0.2, 0.25) is 5.91 Å². The number of ether oxygens (including phenoxy) is 1. The van der Waals surface area contributed by atoms with E-state index < -0.39 is 52.4 Å². The summed E-state index contributed by atoms with van der Waals surface area (Å²) in [7, 11) is -2.76. The number of likely N-dealkylation sites (N-methyl/N-ethyl adjacent to an activating group) is 1. The van der Waals surface area contributed by atoms with Crippen molar-refractivity contribution in [1.29, 1.82) is 0 Å². The van der Waals surface area contributed by atoms with Gasteiger partial charge in [-0.25, -0.2) is 0 Å². The first-order valence-electron chi connectivity index (χ1n) is 10.3. The van der Waals surface area contributed by atoms with Crippen molar-refractivity contribution < 1.29 is 47.5 Å². The van der Waals surface area contributed by atoms with Crippen molar-refractivity contribution in [3.63, 3.8) is 0 Å². The van der Waals surface area contributed by atoms with Crippen molar-refractivity contribution in [3.8, 4) is 0 Å². The predicted molar refractivity (Wildman–Crippen MR) is 117 cm³/mol. The van der Waals surface area contributed by atoms with Gasteiger partial charge in [-0.3, -0.25) is 18.8 Å². The Morgan fingerprint density at radius 3 is 2.25 bits per heavy atom. The minimum absolute atomic E-state index is 0.223. The van der Waals surface area contributed by atoms with Crippen LogP contribution in [0.2, 0.25) is 0 Å². The van der Waals surface area contributed by atoms with Crippen molar-refractivity contribution in [2.24, 2.45) is 5.92 Å². The summed E-state index contributed by atoms with van der Waals surface area (Å²) in [6, 6.07) is -1.20. The Morgan fingerprint density at radius 1 is 1.22 bits per heavy atom. The first-order valence-corrected chi connectivity index (χ1v) is 13.0. The molecule has 2 heterocycles. The number of carbonyl (C=O) groups excluding carboxylic acids is 1. The Hall–Kier alpha value is -0.550. The van der Waals surface area contributed by atoms with E-state index >= 15 is 0 Å². The standard InChI is InChI=1S/C18H34N2O6S.H2O4S/c1-5-6-10-7-11(20(3)8-10)17(25)19-12(9(2)21)16-14(23)13(22)15(24)18(26-16)27-4;1-5(2,3)4/h9-16,18,21-24H,5-8H2,1-4H3,(H,19,25);(H2,1,2,3,4)/t9-,10-,11+,12-,13+,14-,15-,16-,18-;/m1./s1. The van der Waals surface area contributed by atoms with Crippen LogP contribution >= 0.6 is 11.8 Å². The Bertz CT molecular complexity index is 685. The van der Waals surface area contributed by atoms with Crippen molar-refractivity contribution in [2.75, 3.05) is 19.8 Å². The molecule has 0 aromatic carbocycles. The third-order valence-corrected chi connectivity index (χ3v) is 6.51. The molecule has 0 unspecified atom stereocenters. The Balaban J connectivity index is 0.000000920. The first-order chi connectivity index (χ1) is 14.7. The summed E-state index contributed by atoms with van der Waals surface area (Å²) in [4.78, 5) is 14.9. The molecule has 2 aliphatic heterocycles. The van der Waals surface area contributed by atoms with Gasteiger partial charge in [-0.15, -0.1) is 11.8 Å². The Labute approximate surface area is 192 Å². The minimum Gasteiger partial charge on any atom is -0.391 e. The van der Waals surface area contributed by atoms with E-state index in [9.17, 15) is 25.2 Å². The van der Waals surface area contributed by atoms with Gasteiger partial charge in [0.1, 0.15) is 29.9 Å². The lowest BCUT2D eigenvalue weighted by Gasteiger charge is -2.44. The zero-order valence-electron chi connectivity index (χ0n) is 18.6. The molecule has 0 bridgehead atoms. The third kappa shape index (κ3) is 8.66. The van der Waals surface area contributed by atoms with Crippen LogP contribution in [0, 0.1) is 5.92 Å². The zero-order valence-corrected chi connectivity index (χ0v) is 20.2. The molecule has 0 spiro atoms. The molecule has 2 rings (SSSR count). The summed E-state index contributed by atoms with van der Waals surface area (Å²) in [6.07, 6.45) is -1.50. The van der Waals surface area contributed by atoms with Crippen LogP contribution in [-0.4, -0.2) is 117 Å². The number of rotatable bonds is 7. The Morgan fingerprint density at radius 2 is 1.78 bits per heavy atom. The first kappa shape index (κ1) is 29.5. The van der Waals surface area contributed by atoms with Gasteiger partial charge in [0.05, 0.1) is 18.2 Å². The second kappa shape index (κ2) is 12.8. The molecule has 12 nitrogen and oxygen atoms in total. The highest BCUT2D eigenvalue weighted by Crippen LogP contribution is 2.30. The van der Waals surface area contributed by atoms with Crippen LogP contribution in [0.1, 0.15) is 33.1 Å². The topological polar surface area (TPSA) is 197 Å². The molecule has 2 fully saturated rings. The lowest BCUT2D eigenvalue weighted by atomic mass is 9.92. The maximum Gasteiger partial charge on any atom is 0.394 e. The normalized spacial score (nSPS) is 35.5. The summed E-state index contributed by atoms with van der Waals surface area (Å²) in [5.41, 5.74) is -0.755. The van der Waals surface area contributed by atoms with Crippen LogP contribution < -0.4 is 5.32 Å². The van der Waals surface area contributed by atoms with Crippen molar-refractivity contribution >= 4 is 28.1 Å². The van der Waals surface area contributed by atoms with Gasteiger partial charge in [-0.1, -0.05) is 13.3 Å². The van der Waals surface area contributed by atoms with Gasteiger partial charge in [-0.05, 0) is 39.0 Å². The van der Waals surface area contributed by atoms with Crippen LogP contribution in [0.15, 0.2) is 0 Å². The molecule has 0 saturated carbocycles. The van der Waals surface area contributed by atoms with Crippen LogP contribution in [0.4, 0.5) is 0 Å². The van der Waals surface area contributed by atoms with Crippen molar-refractivity contribution in [3.05, 3.63) is 0 Å².